The number of rotatable bonds is 7. The van der Waals surface area contributed by atoms with Crippen LogP contribution in [0.25, 0.3) is 5.69 Å². The summed E-state index contributed by atoms with van der Waals surface area (Å²) in [6.45, 7) is 4.90. The highest BCUT2D eigenvalue weighted by Crippen LogP contribution is 2.25. The molecule has 5 nitrogen and oxygen atoms in total. The molecule has 134 valence electrons. The Kier molecular flexibility index (Phi) is 9.66. The molecule has 0 aliphatic rings. The van der Waals surface area contributed by atoms with Crippen LogP contribution in [0.2, 0.25) is 0 Å². The molecule has 1 aromatic heterocycles. The number of nitrogens with one attached hydrogen (secondary N) is 1. The fourth-order valence-corrected chi connectivity index (χ4v) is 2.56. The Bertz CT molecular complexity index is 605. The van der Waals surface area contributed by atoms with E-state index in [1.165, 1.54) is 0 Å². The SMILES string of the molecule is CCC(CC)(CN)C(=O)NCc1cccc(-n2ccnc2)c1.Cl.Cl. The molecule has 0 saturated carbocycles. The zero-order valence-electron chi connectivity index (χ0n) is 14.1. The summed E-state index contributed by atoms with van der Waals surface area (Å²) in [5.74, 6) is 0.0352. The van der Waals surface area contributed by atoms with Gasteiger partial charge < -0.3 is 15.6 Å². The topological polar surface area (TPSA) is 72.9 Å². The van der Waals surface area contributed by atoms with Gasteiger partial charge in [-0.15, -0.1) is 24.8 Å². The molecule has 0 atom stereocenters. The Balaban J connectivity index is 0.00000264. The standard InChI is InChI=1S/C17H24N4O.2ClH/c1-3-17(4-2,12-18)16(22)20-11-14-6-5-7-15(10-14)21-9-8-19-13-21;;/h5-10,13H,3-4,11-12,18H2,1-2H3,(H,20,22);2*1H. The number of carbonyl (C=O) groups is 1. The molecule has 0 spiro atoms. The van der Waals surface area contributed by atoms with Crippen molar-refractivity contribution in [1.29, 1.82) is 0 Å². The summed E-state index contributed by atoms with van der Waals surface area (Å²) in [4.78, 5) is 16.5. The van der Waals surface area contributed by atoms with Crippen LogP contribution in [-0.4, -0.2) is 22.0 Å². The minimum absolute atomic E-state index is 0. The molecule has 0 unspecified atom stereocenters. The van der Waals surface area contributed by atoms with Crippen LogP contribution in [0.15, 0.2) is 43.0 Å². The van der Waals surface area contributed by atoms with Crippen molar-refractivity contribution in [2.75, 3.05) is 6.54 Å². The maximum atomic E-state index is 12.4. The normalized spacial score (nSPS) is 10.5. The van der Waals surface area contributed by atoms with E-state index in [4.69, 9.17) is 5.73 Å². The second-order valence-corrected chi connectivity index (χ2v) is 5.51. The smallest absolute Gasteiger partial charge is 0.227 e. The van der Waals surface area contributed by atoms with Gasteiger partial charge in [-0.2, -0.15) is 0 Å². The van der Waals surface area contributed by atoms with Gasteiger partial charge in [0.05, 0.1) is 11.7 Å². The third-order valence-electron chi connectivity index (χ3n) is 4.39. The highest BCUT2D eigenvalue weighted by Gasteiger charge is 2.32. The first-order valence-electron chi connectivity index (χ1n) is 7.71. The van der Waals surface area contributed by atoms with Gasteiger partial charge in [0.2, 0.25) is 5.91 Å². The fraction of sp³-hybridized carbons (Fsp3) is 0.412. The van der Waals surface area contributed by atoms with Gasteiger partial charge in [0.25, 0.3) is 0 Å². The van der Waals surface area contributed by atoms with E-state index in [0.29, 0.717) is 13.1 Å². The van der Waals surface area contributed by atoms with Crippen LogP contribution in [0.1, 0.15) is 32.3 Å². The largest absolute Gasteiger partial charge is 0.352 e. The first kappa shape index (κ1) is 22.4. The van der Waals surface area contributed by atoms with E-state index < -0.39 is 5.41 Å². The molecule has 1 amide bonds. The minimum atomic E-state index is -0.456. The van der Waals surface area contributed by atoms with Crippen molar-refractivity contribution in [3.8, 4) is 5.69 Å². The summed E-state index contributed by atoms with van der Waals surface area (Å²) in [5, 5.41) is 3.02. The number of hydrogen-bond acceptors (Lipinski definition) is 3. The predicted molar refractivity (Wildman–Crippen MR) is 102 cm³/mol. The molecule has 7 heteroatoms. The molecule has 0 radical (unpaired) electrons. The number of halogens is 2. The van der Waals surface area contributed by atoms with E-state index in [9.17, 15) is 4.79 Å². The van der Waals surface area contributed by atoms with Gasteiger partial charge in [-0.25, -0.2) is 4.98 Å². The maximum absolute atomic E-state index is 12.4. The minimum Gasteiger partial charge on any atom is -0.352 e. The van der Waals surface area contributed by atoms with E-state index in [-0.39, 0.29) is 30.7 Å². The summed E-state index contributed by atoms with van der Waals surface area (Å²) in [5.41, 5.74) is 7.44. The van der Waals surface area contributed by atoms with Gasteiger partial charge in [0.1, 0.15) is 0 Å². The molecule has 0 fully saturated rings. The lowest BCUT2D eigenvalue weighted by Gasteiger charge is -2.28. The van der Waals surface area contributed by atoms with Crippen molar-refractivity contribution < 1.29 is 4.79 Å². The van der Waals surface area contributed by atoms with Crippen LogP contribution in [0.5, 0.6) is 0 Å². The third-order valence-corrected chi connectivity index (χ3v) is 4.39. The predicted octanol–water partition coefficient (Wildman–Crippen LogP) is 3.10. The molecule has 2 rings (SSSR count). The van der Waals surface area contributed by atoms with Crippen molar-refractivity contribution in [2.24, 2.45) is 11.1 Å². The van der Waals surface area contributed by atoms with Gasteiger partial charge in [-0.1, -0.05) is 26.0 Å². The first-order chi connectivity index (χ1) is 10.6. The van der Waals surface area contributed by atoms with Crippen molar-refractivity contribution in [1.82, 2.24) is 14.9 Å². The highest BCUT2D eigenvalue weighted by atomic mass is 35.5. The molecule has 1 aromatic carbocycles. The average molecular weight is 373 g/mol. The Morgan fingerprint density at radius 3 is 2.54 bits per heavy atom. The van der Waals surface area contributed by atoms with E-state index in [2.05, 4.69) is 10.3 Å². The van der Waals surface area contributed by atoms with Crippen molar-refractivity contribution in [2.45, 2.75) is 33.2 Å². The zero-order valence-corrected chi connectivity index (χ0v) is 15.7. The number of nitrogens with zero attached hydrogens (tertiary/aromatic N) is 2. The second-order valence-electron chi connectivity index (χ2n) is 5.51. The van der Waals surface area contributed by atoms with Crippen LogP contribution in [0.4, 0.5) is 0 Å². The van der Waals surface area contributed by atoms with Crippen LogP contribution in [0.3, 0.4) is 0 Å². The van der Waals surface area contributed by atoms with Crippen molar-refractivity contribution >= 4 is 30.7 Å². The Morgan fingerprint density at radius 1 is 1.29 bits per heavy atom. The zero-order chi connectivity index (χ0) is 16.0. The monoisotopic (exact) mass is 372 g/mol. The van der Waals surface area contributed by atoms with Crippen molar-refractivity contribution in [3.63, 3.8) is 0 Å². The van der Waals surface area contributed by atoms with E-state index in [1.54, 1.807) is 12.5 Å². The van der Waals surface area contributed by atoms with Gasteiger partial charge in [-0.3, -0.25) is 4.79 Å². The van der Waals surface area contributed by atoms with Crippen LogP contribution >= 0.6 is 24.8 Å². The quantitative estimate of drug-likeness (QED) is 0.783. The van der Waals surface area contributed by atoms with E-state index in [1.807, 2.05) is 48.9 Å². The molecular weight excluding hydrogens is 347 g/mol. The fourth-order valence-electron chi connectivity index (χ4n) is 2.56. The highest BCUT2D eigenvalue weighted by molar-refractivity contribution is 5.85. The van der Waals surface area contributed by atoms with Gasteiger partial charge in [-0.05, 0) is 30.5 Å². The molecule has 1 heterocycles. The Labute approximate surface area is 155 Å². The van der Waals surface area contributed by atoms with Crippen LogP contribution < -0.4 is 11.1 Å². The average Bonchev–Trinajstić information content (AvgIpc) is 3.10. The number of carbonyl (C=O) groups excluding carboxylic acids is 1. The maximum Gasteiger partial charge on any atom is 0.227 e. The third kappa shape index (κ3) is 4.97. The van der Waals surface area contributed by atoms with Crippen LogP contribution in [0, 0.1) is 5.41 Å². The number of imidazole rings is 1. The number of amides is 1. The molecule has 2 aromatic rings. The van der Waals surface area contributed by atoms with E-state index in [0.717, 1.165) is 24.1 Å². The molecular formula is C17H26Cl2N4O. The summed E-state index contributed by atoms with van der Waals surface area (Å²) >= 11 is 0. The summed E-state index contributed by atoms with van der Waals surface area (Å²) in [6, 6.07) is 8.04. The Hall–Kier alpha value is -1.56. The summed E-state index contributed by atoms with van der Waals surface area (Å²) in [7, 11) is 0. The molecule has 0 bridgehead atoms. The van der Waals surface area contributed by atoms with Gasteiger partial charge in [0.15, 0.2) is 0 Å². The lowest BCUT2D eigenvalue weighted by Crippen LogP contribution is -2.45. The van der Waals surface area contributed by atoms with E-state index >= 15 is 0 Å². The molecule has 0 aliphatic heterocycles. The first-order valence-corrected chi connectivity index (χ1v) is 7.71. The lowest BCUT2D eigenvalue weighted by molar-refractivity contribution is -0.131. The van der Waals surface area contributed by atoms with Crippen LogP contribution in [-0.2, 0) is 11.3 Å². The summed E-state index contributed by atoms with van der Waals surface area (Å²) in [6.07, 6.45) is 6.89. The van der Waals surface area contributed by atoms with Gasteiger partial charge >= 0.3 is 0 Å². The number of benzene rings is 1. The lowest BCUT2D eigenvalue weighted by atomic mass is 9.81. The van der Waals surface area contributed by atoms with Crippen molar-refractivity contribution in [3.05, 3.63) is 48.5 Å². The summed E-state index contributed by atoms with van der Waals surface area (Å²) < 4.78 is 1.94. The number of nitrogens with two attached hydrogens (primary N) is 1. The molecule has 0 aliphatic carbocycles. The van der Waals surface area contributed by atoms with Gasteiger partial charge in [0, 0.05) is 31.2 Å². The Morgan fingerprint density at radius 2 is 2.00 bits per heavy atom. The number of aromatic nitrogens is 2. The molecule has 3 N–H and O–H groups in total. The second kappa shape index (κ2) is 10.3. The molecule has 0 saturated heterocycles. The number of hydrogen-bond donors (Lipinski definition) is 2. The molecule has 24 heavy (non-hydrogen) atoms.